The summed E-state index contributed by atoms with van der Waals surface area (Å²) in [6.07, 6.45) is 0. The summed E-state index contributed by atoms with van der Waals surface area (Å²) in [6, 6.07) is 32.9. The summed E-state index contributed by atoms with van der Waals surface area (Å²) in [5.41, 5.74) is 0. The molecule has 0 N–H and O–H groups in total. The molecule has 0 amide bonds. The molecule has 0 aliphatic rings. The Kier molecular flexibility index (Phi) is 24.1. The Morgan fingerprint density at radius 2 is 0.571 bits per heavy atom. The summed E-state index contributed by atoms with van der Waals surface area (Å²) >= 11 is -1.87. The Morgan fingerprint density at radius 1 is 0.393 bits per heavy atom. The molecule has 0 heterocycles. The van der Waals surface area contributed by atoms with Crippen LogP contribution in [-0.2, 0) is 36.0 Å². The molecule has 0 bridgehead atoms. The van der Waals surface area contributed by atoms with Crippen molar-refractivity contribution >= 4 is 54.7 Å². The fourth-order valence-electron chi connectivity index (χ4n) is 2.51. The Balaban J connectivity index is -0.000000622. The quantitative estimate of drug-likeness (QED) is 0.525. The van der Waals surface area contributed by atoms with Gasteiger partial charge in [-0.15, -0.1) is 0 Å². The molecule has 6 heteroatoms. The zero-order valence-electron chi connectivity index (χ0n) is 15.5. The summed E-state index contributed by atoms with van der Waals surface area (Å²) in [5, 5.41) is 0. The van der Waals surface area contributed by atoms with E-state index in [2.05, 4.69) is 91.0 Å². The van der Waals surface area contributed by atoms with E-state index in [0.717, 1.165) is 0 Å². The van der Waals surface area contributed by atoms with Gasteiger partial charge in [-0.2, -0.15) is 0 Å². The van der Waals surface area contributed by atoms with Crippen molar-refractivity contribution in [1.82, 2.24) is 0 Å². The van der Waals surface area contributed by atoms with Gasteiger partial charge < -0.3 is 19.2 Å². The van der Waals surface area contributed by atoms with E-state index in [-0.39, 0.29) is 16.8 Å². The van der Waals surface area contributed by atoms with Crippen LogP contribution in [0.2, 0.25) is 0 Å². The molecule has 3 aromatic carbocycles. The molecule has 0 spiro atoms. The summed E-state index contributed by atoms with van der Waals surface area (Å²) in [7, 11) is 0. The molecule has 149 valence electrons. The van der Waals surface area contributed by atoms with Gasteiger partial charge in [0.05, 0.1) is 0 Å². The van der Waals surface area contributed by atoms with Crippen LogP contribution in [0.3, 0.4) is 0 Å². The van der Waals surface area contributed by atoms with Crippen molar-refractivity contribution in [3.05, 3.63) is 91.0 Å². The third-order valence-corrected chi connectivity index (χ3v) is 10.0. The Bertz CT molecular complexity index is 598. The first kappa shape index (κ1) is 30.1. The van der Waals surface area contributed by atoms with Gasteiger partial charge in [0.25, 0.3) is 0 Å². The van der Waals surface area contributed by atoms with E-state index in [1.807, 2.05) is 27.2 Å². The number of rotatable bonds is 3. The van der Waals surface area contributed by atoms with Crippen LogP contribution in [0.25, 0.3) is 0 Å². The van der Waals surface area contributed by atoms with E-state index >= 15 is 0 Å². The van der Waals surface area contributed by atoms with Crippen molar-refractivity contribution in [3.8, 4) is 0 Å². The molecule has 0 aromatic heterocycles. The molecule has 0 aliphatic carbocycles. The van der Waals surface area contributed by atoms with Crippen molar-refractivity contribution in [2.45, 2.75) is 0 Å². The van der Waals surface area contributed by atoms with Gasteiger partial charge in [0.2, 0.25) is 0 Å². The molecule has 3 rings (SSSR count). The summed E-state index contributed by atoms with van der Waals surface area (Å²) in [5.74, 6) is 0. The molecule has 28 heavy (non-hydrogen) atoms. The average Bonchev–Trinajstić information content (AvgIpc) is 2.82. The van der Waals surface area contributed by atoms with Crippen LogP contribution < -0.4 is 13.2 Å². The van der Waals surface area contributed by atoms with E-state index in [1.54, 1.807) is 0 Å². The first-order chi connectivity index (χ1) is 13.4. The van der Waals surface area contributed by atoms with Gasteiger partial charge in [0.15, 0.2) is 0 Å². The van der Waals surface area contributed by atoms with Crippen LogP contribution in [0, 0.1) is 0 Å². The number of hydrogen-bond donors (Lipinski definition) is 0. The number of hydrogen-bond acceptors (Lipinski definition) is 4. The fourth-order valence-corrected chi connectivity index (χ4v) is 8.76. The summed E-state index contributed by atoms with van der Waals surface area (Å²) < 4.78 is 4.56. The molecule has 0 saturated carbocycles. The van der Waals surface area contributed by atoms with Crippen molar-refractivity contribution in [3.63, 3.8) is 0 Å². The summed E-state index contributed by atoms with van der Waals surface area (Å²) in [4.78, 5) is 32.0. The second kappa shape index (κ2) is 22.4. The van der Waals surface area contributed by atoms with E-state index in [1.165, 1.54) is 13.2 Å². The van der Waals surface area contributed by atoms with Crippen LogP contribution >= 0.6 is 0 Å². The molecule has 1 radical (unpaired) electrons. The van der Waals surface area contributed by atoms with Crippen molar-refractivity contribution < 1.29 is 36.0 Å². The number of benzene rings is 3. The molecule has 3 aromatic rings. The minimum atomic E-state index is -1.87. The second-order valence-corrected chi connectivity index (χ2v) is 10.7. The standard InChI is InChI=1S/C18H16Ge.4CH2O.Co/c1-4-10-16(11-5-1)19(17-12-6-2-7-13-17)18-14-8-3-9-15-18;4*1-2;/h1-15,19H;4*1H2;. The third-order valence-electron chi connectivity index (χ3n) is 3.40. The van der Waals surface area contributed by atoms with Crippen molar-refractivity contribution in [1.29, 1.82) is 0 Å². The van der Waals surface area contributed by atoms with Gasteiger partial charge in [-0.25, -0.2) is 0 Å². The minimum absolute atomic E-state index is 0. The topological polar surface area (TPSA) is 68.3 Å². The van der Waals surface area contributed by atoms with Crippen LogP contribution in [-0.4, -0.2) is 41.5 Å². The van der Waals surface area contributed by atoms with Gasteiger partial charge in [0, 0.05) is 16.8 Å². The third kappa shape index (κ3) is 10.5. The number of carbonyl (C=O) groups excluding carboxylic acids is 4. The van der Waals surface area contributed by atoms with Gasteiger partial charge in [-0.1, -0.05) is 0 Å². The predicted octanol–water partition coefficient (Wildman–Crippen LogP) is 1.19. The Morgan fingerprint density at radius 3 is 0.750 bits per heavy atom. The monoisotopic (exact) mass is 485 g/mol. The molecule has 0 fully saturated rings. The Labute approximate surface area is 181 Å². The average molecular weight is 484 g/mol. The molecule has 0 atom stereocenters. The second-order valence-electron chi connectivity index (χ2n) is 4.67. The normalized spacial score (nSPS) is 7.75. The first-order valence-electron chi connectivity index (χ1n) is 7.75. The predicted molar refractivity (Wildman–Crippen MR) is 114 cm³/mol. The van der Waals surface area contributed by atoms with Gasteiger partial charge >= 0.3 is 119 Å². The molecular weight excluding hydrogens is 460 g/mol. The van der Waals surface area contributed by atoms with Crippen molar-refractivity contribution in [2.24, 2.45) is 0 Å². The van der Waals surface area contributed by atoms with Gasteiger partial charge in [-0.05, 0) is 0 Å². The number of carbonyl (C=O) groups is 4. The first-order valence-corrected chi connectivity index (χ1v) is 11.4. The van der Waals surface area contributed by atoms with Crippen LogP contribution in [0.15, 0.2) is 91.0 Å². The zero-order valence-corrected chi connectivity index (χ0v) is 19.0. The van der Waals surface area contributed by atoms with Crippen LogP contribution in [0.4, 0.5) is 0 Å². The van der Waals surface area contributed by atoms with Gasteiger partial charge in [0.1, 0.15) is 27.2 Å². The molecule has 4 nitrogen and oxygen atoms in total. The van der Waals surface area contributed by atoms with E-state index in [9.17, 15) is 0 Å². The van der Waals surface area contributed by atoms with E-state index < -0.39 is 14.3 Å². The van der Waals surface area contributed by atoms with Crippen molar-refractivity contribution in [2.75, 3.05) is 0 Å². The zero-order chi connectivity index (χ0) is 20.9. The van der Waals surface area contributed by atoms with E-state index in [4.69, 9.17) is 19.2 Å². The maximum atomic E-state index is 8.00. The van der Waals surface area contributed by atoms with E-state index in [0.29, 0.717) is 0 Å². The van der Waals surface area contributed by atoms with Crippen LogP contribution in [0.5, 0.6) is 0 Å². The molecular formula is C22H24CoGeO4. The Hall–Kier alpha value is -2.61. The fraction of sp³-hybridized carbons (Fsp3) is 0. The van der Waals surface area contributed by atoms with Gasteiger partial charge in [-0.3, -0.25) is 0 Å². The maximum absolute atomic E-state index is 8.00. The summed E-state index contributed by atoms with van der Waals surface area (Å²) in [6.45, 7) is 8.00. The molecule has 0 saturated heterocycles. The van der Waals surface area contributed by atoms with Crippen LogP contribution in [0.1, 0.15) is 0 Å². The SMILES string of the molecule is C=O.C=O.C=O.C=O.[Co].c1cc[c]([GeH]([c]2ccccc2)[c]2ccccc2)cc1. The molecule has 0 unspecified atom stereocenters. The molecule has 0 aliphatic heterocycles.